The Morgan fingerprint density at radius 2 is 1.73 bits per heavy atom. The van der Waals surface area contributed by atoms with Crippen molar-refractivity contribution in [2.24, 2.45) is 28.6 Å². The third-order valence-electron chi connectivity index (χ3n) is 7.89. The molecule has 0 amide bonds. The number of aliphatic hydroxyl groups is 1. The van der Waals surface area contributed by atoms with Gasteiger partial charge < -0.3 is 5.11 Å². The molecule has 0 spiro atoms. The number of hydrogen-bond acceptors (Lipinski definition) is 2. The highest BCUT2D eigenvalue weighted by Crippen LogP contribution is 2.64. The van der Waals surface area contributed by atoms with Gasteiger partial charge in [-0.3, -0.25) is 4.79 Å². The number of carbonyl (C=O) groups excluding carboxylic acids is 1. The normalized spacial score (nSPS) is 43.2. The summed E-state index contributed by atoms with van der Waals surface area (Å²) in [6.45, 7) is 10.8. The van der Waals surface area contributed by atoms with E-state index in [2.05, 4.69) is 39.7 Å². The fourth-order valence-electron chi connectivity index (χ4n) is 6.41. The second-order valence-corrected chi connectivity index (χ2v) is 8.65. The summed E-state index contributed by atoms with van der Waals surface area (Å²) in [7, 11) is 0. The monoisotopic (exact) mass is 356 g/mol. The van der Waals surface area contributed by atoms with E-state index in [0.29, 0.717) is 23.5 Å². The molecule has 0 radical (unpaired) electrons. The lowest BCUT2D eigenvalue weighted by atomic mass is 9.47. The molecule has 6 atom stereocenters. The van der Waals surface area contributed by atoms with E-state index in [4.69, 9.17) is 0 Å². The second-order valence-electron chi connectivity index (χ2n) is 8.65. The van der Waals surface area contributed by atoms with Gasteiger partial charge in [-0.15, -0.1) is 12.8 Å². The number of carbonyl (C=O) groups is 1. The average molecular weight is 357 g/mol. The SMILES string of the molecule is C#C.CC.CC1=C2CCC3C(CCC4(C)C(O)C=CC34)C2(C)CCC1=O. The highest BCUT2D eigenvalue weighted by atomic mass is 16.3. The van der Waals surface area contributed by atoms with Gasteiger partial charge in [-0.1, -0.05) is 45.4 Å². The summed E-state index contributed by atoms with van der Waals surface area (Å²) in [6, 6.07) is 0. The summed E-state index contributed by atoms with van der Waals surface area (Å²) >= 11 is 0. The van der Waals surface area contributed by atoms with Gasteiger partial charge in [0.05, 0.1) is 6.10 Å². The van der Waals surface area contributed by atoms with E-state index < -0.39 is 0 Å². The standard InChI is InChI=1S/C20H28O2.C2H6.C2H2/c1-12-14-5-4-13-15-6-7-18(22)20(15,3)10-8-16(13)19(14,2)11-9-17(12)21;2*1-2/h6-7,13,15-16,18,22H,4-5,8-11H2,1-3H3;1-2H3;1-2H. The predicted octanol–water partition coefficient (Wildman–Crippen LogP) is 5.32. The maximum atomic E-state index is 12.1. The molecule has 0 aliphatic heterocycles. The van der Waals surface area contributed by atoms with E-state index >= 15 is 0 Å². The number of aliphatic hydroxyl groups excluding tert-OH is 1. The minimum absolute atomic E-state index is 0.0538. The van der Waals surface area contributed by atoms with Crippen molar-refractivity contribution in [2.75, 3.05) is 0 Å². The highest BCUT2D eigenvalue weighted by molar-refractivity contribution is 5.96. The number of rotatable bonds is 0. The molecule has 4 aliphatic carbocycles. The van der Waals surface area contributed by atoms with Gasteiger partial charge >= 0.3 is 0 Å². The van der Waals surface area contributed by atoms with Crippen molar-refractivity contribution in [3.63, 3.8) is 0 Å². The lowest BCUT2D eigenvalue weighted by Gasteiger charge is -2.58. The van der Waals surface area contributed by atoms with Crippen LogP contribution < -0.4 is 0 Å². The fraction of sp³-hybridized carbons (Fsp3) is 0.708. The molecule has 2 fully saturated rings. The van der Waals surface area contributed by atoms with Crippen molar-refractivity contribution < 1.29 is 9.90 Å². The van der Waals surface area contributed by atoms with E-state index in [1.54, 1.807) is 0 Å². The van der Waals surface area contributed by atoms with Gasteiger partial charge in [0.1, 0.15) is 0 Å². The van der Waals surface area contributed by atoms with Crippen LogP contribution in [0.2, 0.25) is 0 Å². The first-order chi connectivity index (χ1) is 12.4. The first-order valence-corrected chi connectivity index (χ1v) is 10.3. The third-order valence-corrected chi connectivity index (χ3v) is 7.89. The number of terminal acetylenes is 1. The van der Waals surface area contributed by atoms with Crippen LogP contribution in [-0.4, -0.2) is 17.0 Å². The number of ketones is 1. The van der Waals surface area contributed by atoms with E-state index in [1.165, 1.54) is 18.4 Å². The van der Waals surface area contributed by atoms with Gasteiger partial charge in [0.2, 0.25) is 0 Å². The fourth-order valence-corrected chi connectivity index (χ4v) is 6.41. The van der Waals surface area contributed by atoms with Crippen LogP contribution in [0.1, 0.15) is 73.1 Å². The molecule has 2 heteroatoms. The van der Waals surface area contributed by atoms with Crippen LogP contribution >= 0.6 is 0 Å². The Balaban J connectivity index is 0.000000570. The van der Waals surface area contributed by atoms with Crippen LogP contribution in [0, 0.1) is 41.4 Å². The Morgan fingerprint density at radius 1 is 1.08 bits per heavy atom. The van der Waals surface area contributed by atoms with Crippen LogP contribution in [0.3, 0.4) is 0 Å². The molecule has 0 aromatic rings. The highest BCUT2D eigenvalue weighted by Gasteiger charge is 2.57. The van der Waals surface area contributed by atoms with Gasteiger partial charge in [0.15, 0.2) is 5.78 Å². The molecule has 0 bridgehead atoms. The summed E-state index contributed by atoms with van der Waals surface area (Å²) in [5, 5.41) is 10.4. The lowest BCUT2D eigenvalue weighted by molar-refractivity contribution is -0.118. The number of fused-ring (bicyclic) bond motifs is 5. The van der Waals surface area contributed by atoms with E-state index in [9.17, 15) is 9.90 Å². The predicted molar refractivity (Wildman–Crippen MR) is 108 cm³/mol. The average Bonchev–Trinajstić information content (AvgIpc) is 2.97. The molecule has 26 heavy (non-hydrogen) atoms. The Kier molecular flexibility index (Phi) is 6.24. The Labute approximate surface area is 160 Å². The van der Waals surface area contributed by atoms with Crippen LogP contribution in [0.4, 0.5) is 0 Å². The zero-order valence-electron chi connectivity index (χ0n) is 17.2. The quantitative estimate of drug-likeness (QED) is 0.471. The first-order valence-electron chi connectivity index (χ1n) is 10.3. The van der Waals surface area contributed by atoms with Crippen LogP contribution in [0.25, 0.3) is 0 Å². The smallest absolute Gasteiger partial charge is 0.158 e. The van der Waals surface area contributed by atoms with Crippen LogP contribution in [0.15, 0.2) is 23.3 Å². The van der Waals surface area contributed by atoms with Crippen molar-refractivity contribution >= 4 is 5.78 Å². The van der Waals surface area contributed by atoms with Crippen molar-refractivity contribution in [1.29, 1.82) is 0 Å². The van der Waals surface area contributed by atoms with E-state index in [1.807, 2.05) is 19.9 Å². The van der Waals surface area contributed by atoms with Crippen molar-refractivity contribution in [2.45, 2.75) is 79.2 Å². The second kappa shape index (κ2) is 7.73. The van der Waals surface area contributed by atoms with Crippen molar-refractivity contribution in [3.05, 3.63) is 23.3 Å². The summed E-state index contributed by atoms with van der Waals surface area (Å²) in [5.74, 6) is 2.27. The third kappa shape index (κ3) is 2.89. The molecule has 4 rings (SSSR count). The van der Waals surface area contributed by atoms with Gasteiger partial charge in [0.25, 0.3) is 0 Å². The van der Waals surface area contributed by atoms with Crippen LogP contribution in [0.5, 0.6) is 0 Å². The van der Waals surface area contributed by atoms with Gasteiger partial charge in [-0.25, -0.2) is 0 Å². The van der Waals surface area contributed by atoms with Gasteiger partial charge in [-0.2, -0.15) is 0 Å². The molecular formula is C24H36O2. The van der Waals surface area contributed by atoms with Gasteiger partial charge in [0, 0.05) is 11.8 Å². The summed E-state index contributed by atoms with van der Waals surface area (Å²) in [6.07, 6.45) is 18.4. The van der Waals surface area contributed by atoms with Gasteiger partial charge in [-0.05, 0) is 67.8 Å². The summed E-state index contributed by atoms with van der Waals surface area (Å²) in [4.78, 5) is 12.1. The molecule has 0 aromatic carbocycles. The Bertz CT molecular complexity index is 625. The Morgan fingerprint density at radius 3 is 2.38 bits per heavy atom. The number of hydrogen-bond donors (Lipinski definition) is 1. The Hall–Kier alpha value is -1.33. The van der Waals surface area contributed by atoms with E-state index in [0.717, 1.165) is 31.3 Å². The molecule has 2 nitrogen and oxygen atoms in total. The molecule has 144 valence electrons. The molecule has 4 aliphatic rings. The molecular weight excluding hydrogens is 320 g/mol. The molecule has 6 unspecified atom stereocenters. The minimum atomic E-state index is -0.266. The maximum Gasteiger partial charge on any atom is 0.158 e. The topological polar surface area (TPSA) is 37.3 Å². The molecule has 2 saturated carbocycles. The number of allylic oxidation sites excluding steroid dienone is 3. The first kappa shape index (κ1) is 21.0. The zero-order valence-corrected chi connectivity index (χ0v) is 17.2. The summed E-state index contributed by atoms with van der Waals surface area (Å²) in [5.41, 5.74) is 2.82. The molecule has 0 aromatic heterocycles. The molecule has 1 N–H and O–H groups in total. The lowest BCUT2D eigenvalue weighted by Crippen LogP contribution is -2.51. The molecule has 0 saturated heterocycles. The van der Waals surface area contributed by atoms with Crippen molar-refractivity contribution in [1.82, 2.24) is 0 Å². The largest absolute Gasteiger partial charge is 0.388 e. The molecule has 0 heterocycles. The van der Waals surface area contributed by atoms with Crippen LogP contribution in [-0.2, 0) is 4.79 Å². The number of Topliss-reactive ketones (excluding diaryl/α,β-unsaturated/α-hetero) is 1. The minimum Gasteiger partial charge on any atom is -0.388 e. The zero-order chi connectivity index (χ0) is 19.7. The summed E-state index contributed by atoms with van der Waals surface area (Å²) < 4.78 is 0. The van der Waals surface area contributed by atoms with E-state index in [-0.39, 0.29) is 16.9 Å². The maximum absolute atomic E-state index is 12.1. The van der Waals surface area contributed by atoms with Crippen molar-refractivity contribution in [3.8, 4) is 12.8 Å².